The van der Waals surface area contributed by atoms with E-state index in [0.717, 1.165) is 10.9 Å². The van der Waals surface area contributed by atoms with Crippen LogP contribution >= 0.6 is 11.3 Å². The number of rotatable bonds is 2. The summed E-state index contributed by atoms with van der Waals surface area (Å²) in [6, 6.07) is 9.74. The van der Waals surface area contributed by atoms with Gasteiger partial charge in [0.25, 0.3) is 5.91 Å². The van der Waals surface area contributed by atoms with Crippen molar-refractivity contribution >= 4 is 33.3 Å². The molecule has 0 aliphatic carbocycles. The molecule has 3 aromatic rings. The first-order valence-electron chi connectivity index (χ1n) is 5.37. The molecule has 0 bridgehead atoms. The molecule has 2 aromatic heterocycles. The van der Waals surface area contributed by atoms with Crippen LogP contribution in [0.5, 0.6) is 0 Å². The van der Waals surface area contributed by atoms with Crippen molar-refractivity contribution in [3.63, 3.8) is 0 Å². The molecule has 0 aliphatic rings. The Morgan fingerprint density at radius 1 is 1.39 bits per heavy atom. The van der Waals surface area contributed by atoms with Crippen molar-refractivity contribution in [2.45, 2.75) is 0 Å². The molecule has 0 aliphatic heterocycles. The number of benzene rings is 1. The number of aromatic nitrogens is 3. The number of aryl methyl sites for hydroxylation is 1. The predicted molar refractivity (Wildman–Crippen MR) is 70.8 cm³/mol. The van der Waals surface area contributed by atoms with Gasteiger partial charge in [0.2, 0.25) is 5.13 Å². The van der Waals surface area contributed by atoms with Crippen LogP contribution < -0.4 is 5.32 Å². The zero-order chi connectivity index (χ0) is 12.5. The van der Waals surface area contributed by atoms with Crippen LogP contribution in [-0.2, 0) is 7.05 Å². The number of hydrogen-bond donors (Lipinski definition) is 1. The minimum atomic E-state index is -0.176. The first-order valence-corrected chi connectivity index (χ1v) is 6.25. The topological polar surface area (TPSA) is 59.8 Å². The van der Waals surface area contributed by atoms with Crippen molar-refractivity contribution in [1.82, 2.24) is 14.8 Å². The largest absolute Gasteiger partial charge is 0.340 e. The van der Waals surface area contributed by atoms with Crippen molar-refractivity contribution in [3.05, 3.63) is 41.5 Å². The number of hydrogen-bond acceptors (Lipinski definition) is 4. The molecule has 5 nitrogen and oxygen atoms in total. The third-order valence-electron chi connectivity index (χ3n) is 2.76. The molecule has 0 radical (unpaired) electrons. The Labute approximate surface area is 107 Å². The first kappa shape index (κ1) is 10.9. The Morgan fingerprint density at radius 2 is 2.22 bits per heavy atom. The lowest BCUT2D eigenvalue weighted by atomic mass is 10.2. The average molecular weight is 258 g/mol. The molecule has 0 saturated heterocycles. The summed E-state index contributed by atoms with van der Waals surface area (Å²) in [6.45, 7) is 0. The van der Waals surface area contributed by atoms with Crippen LogP contribution in [0.4, 0.5) is 5.13 Å². The number of amides is 1. The van der Waals surface area contributed by atoms with Gasteiger partial charge >= 0.3 is 0 Å². The second-order valence-corrected chi connectivity index (χ2v) is 4.68. The number of para-hydroxylation sites is 1. The molecular weight excluding hydrogens is 248 g/mol. The summed E-state index contributed by atoms with van der Waals surface area (Å²) in [5, 5.41) is 11.7. The van der Waals surface area contributed by atoms with Gasteiger partial charge in [0.1, 0.15) is 11.2 Å². The van der Waals surface area contributed by atoms with E-state index in [4.69, 9.17) is 0 Å². The summed E-state index contributed by atoms with van der Waals surface area (Å²) < 4.78 is 1.87. The number of nitrogens with one attached hydrogen (secondary N) is 1. The highest BCUT2D eigenvalue weighted by atomic mass is 32.1. The Balaban J connectivity index is 1.99. The van der Waals surface area contributed by atoms with Gasteiger partial charge in [-0.15, -0.1) is 10.2 Å². The monoisotopic (exact) mass is 258 g/mol. The standard InChI is InChI=1S/C12H10N4OS/c1-16-9-5-3-2-4-8(9)6-10(16)11(17)14-12-15-13-7-18-12/h2-7H,1H3,(H,14,15,17). The maximum atomic E-state index is 12.1. The maximum Gasteiger partial charge on any atom is 0.274 e. The molecule has 1 N–H and O–H groups in total. The van der Waals surface area contributed by atoms with Crippen LogP contribution in [-0.4, -0.2) is 20.7 Å². The van der Waals surface area contributed by atoms with Gasteiger partial charge in [-0.05, 0) is 12.1 Å². The van der Waals surface area contributed by atoms with Crippen LogP contribution in [0.2, 0.25) is 0 Å². The molecule has 3 rings (SSSR count). The Kier molecular flexibility index (Phi) is 2.56. The van der Waals surface area contributed by atoms with Gasteiger partial charge in [-0.2, -0.15) is 0 Å². The molecule has 0 unspecified atom stereocenters. The number of fused-ring (bicyclic) bond motifs is 1. The Bertz CT molecular complexity index is 702. The van der Waals surface area contributed by atoms with Gasteiger partial charge in [-0.25, -0.2) is 0 Å². The third-order valence-corrected chi connectivity index (χ3v) is 3.37. The fraction of sp³-hybridized carbons (Fsp3) is 0.0833. The van der Waals surface area contributed by atoms with Crippen LogP contribution in [0.15, 0.2) is 35.8 Å². The minimum Gasteiger partial charge on any atom is -0.340 e. The molecular formula is C12H10N4OS. The molecule has 0 fully saturated rings. The van der Waals surface area contributed by atoms with E-state index in [-0.39, 0.29) is 5.91 Å². The number of carbonyl (C=O) groups excluding carboxylic acids is 1. The number of carbonyl (C=O) groups is 1. The summed E-state index contributed by atoms with van der Waals surface area (Å²) in [5.74, 6) is -0.176. The normalized spacial score (nSPS) is 10.7. The smallest absolute Gasteiger partial charge is 0.274 e. The van der Waals surface area contributed by atoms with E-state index in [2.05, 4.69) is 15.5 Å². The van der Waals surface area contributed by atoms with Crippen molar-refractivity contribution in [1.29, 1.82) is 0 Å². The van der Waals surface area contributed by atoms with Gasteiger partial charge in [0.15, 0.2) is 0 Å². The minimum absolute atomic E-state index is 0.176. The van der Waals surface area contributed by atoms with Gasteiger partial charge in [0.05, 0.1) is 0 Å². The van der Waals surface area contributed by atoms with Crippen LogP contribution in [0.3, 0.4) is 0 Å². The van der Waals surface area contributed by atoms with E-state index in [0.29, 0.717) is 10.8 Å². The van der Waals surface area contributed by atoms with E-state index in [1.165, 1.54) is 11.3 Å². The van der Waals surface area contributed by atoms with Gasteiger partial charge in [-0.1, -0.05) is 29.5 Å². The van der Waals surface area contributed by atoms with Crippen LogP contribution in [0.25, 0.3) is 10.9 Å². The van der Waals surface area contributed by atoms with Crippen LogP contribution in [0.1, 0.15) is 10.5 Å². The highest BCUT2D eigenvalue weighted by Crippen LogP contribution is 2.19. The highest BCUT2D eigenvalue weighted by molar-refractivity contribution is 7.13. The Morgan fingerprint density at radius 3 is 2.94 bits per heavy atom. The van der Waals surface area contributed by atoms with E-state index in [1.807, 2.05) is 41.9 Å². The van der Waals surface area contributed by atoms with Crippen molar-refractivity contribution in [3.8, 4) is 0 Å². The molecule has 18 heavy (non-hydrogen) atoms. The molecule has 0 atom stereocenters. The average Bonchev–Trinajstić information content (AvgIpc) is 2.98. The molecule has 6 heteroatoms. The summed E-state index contributed by atoms with van der Waals surface area (Å²) in [5.41, 5.74) is 3.21. The molecule has 90 valence electrons. The lowest BCUT2D eigenvalue weighted by Crippen LogP contribution is -2.15. The van der Waals surface area contributed by atoms with Crippen molar-refractivity contribution in [2.24, 2.45) is 7.05 Å². The number of nitrogens with zero attached hydrogens (tertiary/aromatic N) is 3. The van der Waals surface area contributed by atoms with Gasteiger partial charge in [0, 0.05) is 18.0 Å². The third kappa shape index (κ3) is 1.76. The molecule has 1 amide bonds. The second kappa shape index (κ2) is 4.23. The summed E-state index contributed by atoms with van der Waals surface area (Å²) in [4.78, 5) is 12.1. The quantitative estimate of drug-likeness (QED) is 0.767. The van der Waals surface area contributed by atoms with E-state index >= 15 is 0 Å². The number of anilines is 1. The molecule has 1 aromatic carbocycles. The van der Waals surface area contributed by atoms with Crippen molar-refractivity contribution in [2.75, 3.05) is 5.32 Å². The predicted octanol–water partition coefficient (Wildman–Crippen LogP) is 2.28. The zero-order valence-corrected chi connectivity index (χ0v) is 10.4. The second-order valence-electron chi connectivity index (χ2n) is 3.85. The highest BCUT2D eigenvalue weighted by Gasteiger charge is 2.14. The Hall–Kier alpha value is -2.21. The molecule has 2 heterocycles. The fourth-order valence-corrected chi connectivity index (χ4v) is 2.34. The van der Waals surface area contributed by atoms with Crippen LogP contribution in [0, 0.1) is 0 Å². The molecule has 0 spiro atoms. The lowest BCUT2D eigenvalue weighted by molar-refractivity contribution is 0.101. The van der Waals surface area contributed by atoms with Gasteiger partial charge in [-0.3, -0.25) is 10.1 Å². The van der Waals surface area contributed by atoms with Gasteiger partial charge < -0.3 is 4.57 Å². The summed E-state index contributed by atoms with van der Waals surface area (Å²) in [6.07, 6.45) is 0. The van der Waals surface area contributed by atoms with E-state index < -0.39 is 0 Å². The SMILES string of the molecule is Cn1c(C(=O)Nc2nncs2)cc2ccccc21. The fourth-order valence-electron chi connectivity index (χ4n) is 1.90. The zero-order valence-electron chi connectivity index (χ0n) is 9.62. The molecule has 0 saturated carbocycles. The van der Waals surface area contributed by atoms with E-state index in [1.54, 1.807) is 5.51 Å². The maximum absolute atomic E-state index is 12.1. The lowest BCUT2D eigenvalue weighted by Gasteiger charge is -2.03. The van der Waals surface area contributed by atoms with E-state index in [9.17, 15) is 4.79 Å². The first-order chi connectivity index (χ1) is 8.75. The van der Waals surface area contributed by atoms with Crippen molar-refractivity contribution < 1.29 is 4.79 Å². The summed E-state index contributed by atoms with van der Waals surface area (Å²) >= 11 is 1.30. The summed E-state index contributed by atoms with van der Waals surface area (Å²) in [7, 11) is 1.87.